The number of thioether (sulfide) groups is 2. The van der Waals surface area contributed by atoms with Crippen LogP contribution in [0.15, 0.2) is 54.1 Å². The number of ether oxygens (including phenoxy) is 1. The largest absolute Gasteiger partial charge is 0.459 e. The van der Waals surface area contributed by atoms with Gasteiger partial charge in [0.1, 0.15) is 6.10 Å². The molecule has 0 radical (unpaired) electrons. The van der Waals surface area contributed by atoms with E-state index < -0.39 is 23.2 Å². The molecular weight excluding hydrogens is 479 g/mol. The van der Waals surface area contributed by atoms with Gasteiger partial charge in [0.05, 0.1) is 4.08 Å². The number of carbonyl (C=O) groups excluding carboxylic acids is 2. The van der Waals surface area contributed by atoms with Gasteiger partial charge in [-0.05, 0) is 74.3 Å². The SMILES string of the molecule is CS[C@]1(SCc2ccccc2)CC[C@H]2[C@@H]3CCC4=CC(=O)C=C[C@]4(C)C3(F)[C@@H](OC(C)=O)C[C@@]21C. The molecule has 0 amide bonds. The van der Waals surface area contributed by atoms with Gasteiger partial charge in [0, 0.05) is 24.0 Å². The van der Waals surface area contributed by atoms with Crippen LogP contribution in [-0.2, 0) is 20.1 Å². The molecule has 0 bridgehead atoms. The Morgan fingerprint density at radius 1 is 1.17 bits per heavy atom. The lowest BCUT2D eigenvalue weighted by Gasteiger charge is -2.63. The molecule has 1 aromatic carbocycles. The molecule has 6 heteroatoms. The first-order chi connectivity index (χ1) is 16.6. The fourth-order valence-electron chi connectivity index (χ4n) is 7.86. The second-order valence-electron chi connectivity index (χ2n) is 11.1. The maximum atomic E-state index is 17.8. The van der Waals surface area contributed by atoms with E-state index in [1.165, 1.54) is 18.6 Å². The minimum atomic E-state index is -1.73. The zero-order chi connectivity index (χ0) is 25.1. The molecule has 0 saturated heterocycles. The van der Waals surface area contributed by atoms with Gasteiger partial charge in [-0.15, -0.1) is 23.5 Å². The Bertz CT molecular complexity index is 1090. The molecule has 3 saturated carbocycles. The van der Waals surface area contributed by atoms with Gasteiger partial charge in [-0.1, -0.05) is 48.9 Å². The Labute approximate surface area is 216 Å². The molecule has 0 N–H and O–H groups in total. The van der Waals surface area contributed by atoms with E-state index in [-0.39, 0.29) is 27.1 Å². The number of allylic oxidation sites excluding steroid dienone is 4. The van der Waals surface area contributed by atoms with E-state index in [4.69, 9.17) is 4.74 Å². The van der Waals surface area contributed by atoms with Gasteiger partial charge in [0.2, 0.25) is 0 Å². The van der Waals surface area contributed by atoms with Gasteiger partial charge in [-0.3, -0.25) is 9.59 Å². The monoisotopic (exact) mass is 514 g/mol. The maximum Gasteiger partial charge on any atom is 0.303 e. The van der Waals surface area contributed by atoms with E-state index in [9.17, 15) is 9.59 Å². The van der Waals surface area contributed by atoms with Crippen molar-refractivity contribution in [1.29, 1.82) is 0 Å². The van der Waals surface area contributed by atoms with Crippen molar-refractivity contribution in [3.8, 4) is 0 Å². The van der Waals surface area contributed by atoms with Crippen LogP contribution in [0.3, 0.4) is 0 Å². The van der Waals surface area contributed by atoms with Crippen molar-refractivity contribution >= 4 is 35.3 Å². The molecule has 0 heterocycles. The number of carbonyl (C=O) groups is 2. The second kappa shape index (κ2) is 8.79. The molecule has 3 fully saturated rings. The zero-order valence-electron chi connectivity index (χ0n) is 21.0. The molecule has 4 aliphatic carbocycles. The van der Waals surface area contributed by atoms with E-state index in [1.54, 1.807) is 12.2 Å². The number of alkyl halides is 1. The Balaban J connectivity index is 1.56. The van der Waals surface area contributed by atoms with E-state index >= 15 is 4.39 Å². The lowest BCUT2D eigenvalue weighted by molar-refractivity contribution is -0.209. The summed E-state index contributed by atoms with van der Waals surface area (Å²) in [7, 11) is 0. The van der Waals surface area contributed by atoms with E-state index in [2.05, 4.69) is 37.4 Å². The highest BCUT2D eigenvalue weighted by Crippen LogP contribution is 2.74. The second-order valence-corrected chi connectivity index (χ2v) is 13.8. The number of hydrogen-bond acceptors (Lipinski definition) is 5. The van der Waals surface area contributed by atoms with Crippen molar-refractivity contribution in [2.24, 2.45) is 22.7 Å². The topological polar surface area (TPSA) is 43.4 Å². The molecule has 0 aromatic heterocycles. The maximum absolute atomic E-state index is 17.8. The lowest BCUT2D eigenvalue weighted by atomic mass is 9.46. The number of hydrogen-bond donors (Lipinski definition) is 0. The van der Waals surface area contributed by atoms with Crippen molar-refractivity contribution in [3.63, 3.8) is 0 Å². The van der Waals surface area contributed by atoms with Crippen molar-refractivity contribution < 1.29 is 18.7 Å². The molecule has 35 heavy (non-hydrogen) atoms. The molecule has 3 nitrogen and oxygen atoms in total. The average Bonchev–Trinajstić information content (AvgIpc) is 3.11. The summed E-state index contributed by atoms with van der Waals surface area (Å²) < 4.78 is 23.6. The molecule has 4 aliphatic rings. The summed E-state index contributed by atoms with van der Waals surface area (Å²) in [6.07, 6.45) is 10.1. The first-order valence-electron chi connectivity index (χ1n) is 12.6. The third kappa shape index (κ3) is 3.60. The lowest BCUT2D eigenvalue weighted by Crippen LogP contribution is -2.68. The summed E-state index contributed by atoms with van der Waals surface area (Å²) in [6.45, 7) is 5.62. The fourth-order valence-corrected chi connectivity index (χ4v) is 10.9. The van der Waals surface area contributed by atoms with Crippen LogP contribution in [-0.4, -0.2) is 33.9 Å². The minimum absolute atomic E-state index is 0.0798. The number of rotatable bonds is 5. The van der Waals surface area contributed by atoms with Crippen LogP contribution in [0, 0.1) is 22.7 Å². The smallest absolute Gasteiger partial charge is 0.303 e. The Hall–Kier alpha value is -1.53. The summed E-state index contributed by atoms with van der Waals surface area (Å²) in [5.41, 5.74) is -0.715. The molecule has 1 aromatic rings. The van der Waals surface area contributed by atoms with Gasteiger partial charge in [0.15, 0.2) is 11.5 Å². The van der Waals surface area contributed by atoms with Gasteiger partial charge in [-0.2, -0.15) is 0 Å². The first kappa shape index (κ1) is 25.1. The van der Waals surface area contributed by atoms with Gasteiger partial charge >= 0.3 is 5.97 Å². The molecule has 188 valence electrons. The molecule has 0 spiro atoms. The molecule has 5 rings (SSSR count). The van der Waals surface area contributed by atoms with E-state index in [1.807, 2.05) is 36.5 Å². The minimum Gasteiger partial charge on any atom is -0.459 e. The summed E-state index contributed by atoms with van der Waals surface area (Å²) >= 11 is 3.88. The van der Waals surface area contributed by atoms with E-state index in [0.717, 1.165) is 24.2 Å². The highest BCUT2D eigenvalue weighted by Gasteiger charge is 2.74. The molecule has 0 aliphatic heterocycles. The summed E-state index contributed by atoms with van der Waals surface area (Å²) in [6, 6.07) is 10.5. The predicted molar refractivity (Wildman–Crippen MR) is 142 cm³/mol. The first-order valence-corrected chi connectivity index (χ1v) is 14.8. The van der Waals surface area contributed by atoms with Crippen LogP contribution in [0.5, 0.6) is 0 Å². The molecular formula is C29H35FO3S2. The summed E-state index contributed by atoms with van der Waals surface area (Å²) in [4.78, 5) is 24.5. The third-order valence-corrected chi connectivity index (χ3v) is 13.4. The predicted octanol–water partition coefficient (Wildman–Crippen LogP) is 6.92. The average molecular weight is 515 g/mol. The number of fused-ring (bicyclic) bond motifs is 5. The molecule has 7 atom stereocenters. The Morgan fingerprint density at radius 3 is 2.60 bits per heavy atom. The Kier molecular flexibility index (Phi) is 6.32. The number of benzene rings is 1. The highest BCUT2D eigenvalue weighted by atomic mass is 32.2. The fraction of sp³-hybridized carbons (Fsp3) is 0.586. The number of esters is 1. The van der Waals surface area contributed by atoms with Crippen LogP contribution in [0.4, 0.5) is 4.39 Å². The summed E-state index contributed by atoms with van der Waals surface area (Å²) in [5.74, 6) is 0.358. The van der Waals surface area contributed by atoms with Crippen molar-refractivity contribution in [3.05, 3.63) is 59.7 Å². The van der Waals surface area contributed by atoms with E-state index in [0.29, 0.717) is 19.3 Å². The molecule has 1 unspecified atom stereocenters. The van der Waals surface area contributed by atoms with Crippen LogP contribution >= 0.6 is 23.5 Å². The van der Waals surface area contributed by atoms with Crippen LogP contribution < -0.4 is 0 Å². The summed E-state index contributed by atoms with van der Waals surface area (Å²) in [5, 5.41) is 0. The van der Waals surface area contributed by atoms with Crippen molar-refractivity contribution in [1.82, 2.24) is 0 Å². The highest BCUT2D eigenvalue weighted by molar-refractivity contribution is 8.17. The van der Waals surface area contributed by atoms with Crippen LogP contribution in [0.2, 0.25) is 0 Å². The zero-order valence-corrected chi connectivity index (χ0v) is 22.6. The van der Waals surface area contributed by atoms with Crippen molar-refractivity contribution in [2.75, 3.05) is 6.26 Å². The number of halogens is 1. The van der Waals surface area contributed by atoms with Crippen LogP contribution in [0.25, 0.3) is 0 Å². The normalized spacial score (nSPS) is 42.0. The third-order valence-electron chi connectivity index (χ3n) is 9.61. The van der Waals surface area contributed by atoms with Gasteiger partial charge in [-0.25, -0.2) is 4.39 Å². The number of ketones is 1. The van der Waals surface area contributed by atoms with Crippen molar-refractivity contribution in [2.45, 2.75) is 74.5 Å². The standard InChI is InChI=1S/C29H35FO3S2/c1-19(31)33-25-17-27(3)23(13-15-28(27,34-4)35-18-20-8-6-5-7-9-20)24-11-10-21-16-22(32)12-14-26(21,2)29(24,25)30/h5-9,12,14,16,23-25H,10-11,13,15,17-18H2,1-4H3/t23-,24-,25-,26-,27-,28-,29?/m0/s1. The van der Waals surface area contributed by atoms with Gasteiger partial charge in [0.25, 0.3) is 0 Å². The van der Waals surface area contributed by atoms with Crippen LogP contribution in [0.1, 0.15) is 58.4 Å². The Morgan fingerprint density at radius 2 is 1.91 bits per heavy atom. The van der Waals surface area contributed by atoms with Gasteiger partial charge < -0.3 is 4.74 Å². The quantitative estimate of drug-likeness (QED) is 0.315.